The standard InChI is InChI=1S/C30H33N3O3S/c1-19(2)21-11-8-10-14-25(21)33-28(35)22-12-7-9-13-23(22)32-29(33)37-18-27(34)31-24-17-20(30(3,4)5)15-16-26(24)36-6/h7-17,19H,18H2,1-6H3,(H,31,34). The summed E-state index contributed by atoms with van der Waals surface area (Å²) in [5, 5.41) is 4.00. The second-order valence-corrected chi connectivity index (χ2v) is 11.2. The Bertz CT molecular complexity index is 1500. The number of para-hydroxylation sites is 2. The van der Waals surface area contributed by atoms with Crippen LogP contribution in [0.15, 0.2) is 76.7 Å². The molecule has 1 aromatic heterocycles. The van der Waals surface area contributed by atoms with Crippen LogP contribution in [-0.4, -0.2) is 28.3 Å². The third kappa shape index (κ3) is 5.72. The summed E-state index contributed by atoms with van der Waals surface area (Å²) in [4.78, 5) is 31.5. The summed E-state index contributed by atoms with van der Waals surface area (Å²) in [6.07, 6.45) is 0. The molecule has 0 fully saturated rings. The van der Waals surface area contributed by atoms with Gasteiger partial charge < -0.3 is 10.1 Å². The van der Waals surface area contributed by atoms with E-state index in [2.05, 4.69) is 39.9 Å². The highest BCUT2D eigenvalue weighted by Crippen LogP contribution is 2.32. The molecule has 1 amide bonds. The number of amides is 1. The highest BCUT2D eigenvalue weighted by Gasteiger charge is 2.20. The van der Waals surface area contributed by atoms with Crippen molar-refractivity contribution in [2.45, 2.75) is 51.1 Å². The first-order valence-corrected chi connectivity index (χ1v) is 13.3. The fraction of sp³-hybridized carbons (Fsp3) is 0.300. The molecule has 0 saturated carbocycles. The normalized spacial score (nSPS) is 11.6. The number of ether oxygens (including phenoxy) is 1. The van der Waals surface area contributed by atoms with E-state index in [0.717, 1.165) is 16.8 Å². The molecule has 0 spiro atoms. The maximum atomic E-state index is 13.7. The molecule has 6 nitrogen and oxygen atoms in total. The van der Waals surface area contributed by atoms with Gasteiger partial charge in [-0.25, -0.2) is 4.98 Å². The van der Waals surface area contributed by atoms with Crippen molar-refractivity contribution in [3.63, 3.8) is 0 Å². The van der Waals surface area contributed by atoms with Crippen LogP contribution in [0.3, 0.4) is 0 Å². The number of rotatable bonds is 7. The minimum Gasteiger partial charge on any atom is -0.495 e. The molecule has 4 aromatic rings. The number of thioether (sulfide) groups is 1. The number of methoxy groups -OCH3 is 1. The zero-order chi connectivity index (χ0) is 26.7. The van der Waals surface area contributed by atoms with Crippen LogP contribution in [0.4, 0.5) is 5.69 Å². The van der Waals surface area contributed by atoms with Crippen molar-refractivity contribution in [3.8, 4) is 11.4 Å². The highest BCUT2D eigenvalue weighted by atomic mass is 32.2. The van der Waals surface area contributed by atoms with E-state index in [1.165, 1.54) is 11.8 Å². The Morgan fingerprint density at radius 2 is 1.76 bits per heavy atom. The predicted octanol–water partition coefficient (Wildman–Crippen LogP) is 6.55. The van der Waals surface area contributed by atoms with Crippen molar-refractivity contribution in [1.82, 2.24) is 9.55 Å². The van der Waals surface area contributed by atoms with Gasteiger partial charge in [-0.15, -0.1) is 0 Å². The minimum absolute atomic E-state index is 0.0740. The van der Waals surface area contributed by atoms with Crippen LogP contribution in [0, 0.1) is 0 Å². The molecular formula is C30H33N3O3S. The number of nitrogens with zero attached hydrogens (tertiary/aromatic N) is 2. The third-order valence-corrected chi connectivity index (χ3v) is 7.16. The van der Waals surface area contributed by atoms with E-state index in [9.17, 15) is 9.59 Å². The van der Waals surface area contributed by atoms with Crippen LogP contribution in [0.25, 0.3) is 16.6 Å². The first-order chi connectivity index (χ1) is 17.6. The third-order valence-electron chi connectivity index (χ3n) is 6.22. The molecule has 0 aliphatic heterocycles. The topological polar surface area (TPSA) is 73.2 Å². The summed E-state index contributed by atoms with van der Waals surface area (Å²) in [5.74, 6) is 0.675. The number of carbonyl (C=O) groups excluding carboxylic acids is 1. The number of hydrogen-bond donors (Lipinski definition) is 1. The maximum absolute atomic E-state index is 13.7. The molecule has 0 aliphatic carbocycles. The number of nitrogens with one attached hydrogen (secondary N) is 1. The molecule has 1 N–H and O–H groups in total. The predicted molar refractivity (Wildman–Crippen MR) is 152 cm³/mol. The van der Waals surface area contributed by atoms with E-state index in [4.69, 9.17) is 9.72 Å². The van der Waals surface area contributed by atoms with Gasteiger partial charge >= 0.3 is 0 Å². The Morgan fingerprint density at radius 1 is 1.05 bits per heavy atom. The van der Waals surface area contributed by atoms with Crippen molar-refractivity contribution in [2.75, 3.05) is 18.2 Å². The maximum Gasteiger partial charge on any atom is 0.266 e. The second kappa shape index (κ2) is 10.8. The van der Waals surface area contributed by atoms with E-state index in [-0.39, 0.29) is 28.6 Å². The Kier molecular flexibility index (Phi) is 7.73. The van der Waals surface area contributed by atoms with Crippen molar-refractivity contribution < 1.29 is 9.53 Å². The Labute approximate surface area is 222 Å². The van der Waals surface area contributed by atoms with Crippen LogP contribution >= 0.6 is 11.8 Å². The zero-order valence-electron chi connectivity index (χ0n) is 22.2. The van der Waals surface area contributed by atoms with Crippen LogP contribution in [-0.2, 0) is 10.2 Å². The average Bonchev–Trinajstić information content (AvgIpc) is 2.87. The lowest BCUT2D eigenvalue weighted by atomic mass is 9.87. The van der Waals surface area contributed by atoms with Gasteiger partial charge in [0.25, 0.3) is 5.56 Å². The highest BCUT2D eigenvalue weighted by molar-refractivity contribution is 7.99. The van der Waals surface area contributed by atoms with E-state index < -0.39 is 0 Å². The molecule has 1 heterocycles. The lowest BCUT2D eigenvalue weighted by Crippen LogP contribution is -2.24. The average molecular weight is 516 g/mol. The number of aromatic nitrogens is 2. The van der Waals surface area contributed by atoms with E-state index in [1.807, 2.05) is 60.7 Å². The number of fused-ring (bicyclic) bond motifs is 1. The van der Waals surface area contributed by atoms with Gasteiger partial charge in [-0.3, -0.25) is 14.2 Å². The zero-order valence-corrected chi connectivity index (χ0v) is 23.0. The van der Waals surface area contributed by atoms with Crippen LogP contribution in [0.1, 0.15) is 51.7 Å². The molecule has 0 unspecified atom stereocenters. The summed E-state index contributed by atoms with van der Waals surface area (Å²) in [6.45, 7) is 10.6. The van der Waals surface area contributed by atoms with E-state index >= 15 is 0 Å². The van der Waals surface area contributed by atoms with Gasteiger partial charge in [0.15, 0.2) is 5.16 Å². The van der Waals surface area contributed by atoms with Gasteiger partial charge in [0.05, 0.1) is 35.1 Å². The molecule has 0 saturated heterocycles. The summed E-state index contributed by atoms with van der Waals surface area (Å²) >= 11 is 1.24. The molecular weight excluding hydrogens is 482 g/mol. The molecule has 0 aliphatic rings. The van der Waals surface area contributed by atoms with Crippen LogP contribution < -0.4 is 15.6 Å². The van der Waals surface area contributed by atoms with E-state index in [0.29, 0.717) is 27.5 Å². The van der Waals surface area contributed by atoms with Crippen LogP contribution in [0.2, 0.25) is 0 Å². The fourth-order valence-electron chi connectivity index (χ4n) is 4.19. The SMILES string of the molecule is COc1ccc(C(C)(C)C)cc1NC(=O)CSc1nc2ccccc2c(=O)n1-c1ccccc1C(C)C. The summed E-state index contributed by atoms with van der Waals surface area (Å²) in [6, 6.07) is 21.0. The molecule has 0 radical (unpaired) electrons. The molecule has 4 rings (SSSR count). The monoisotopic (exact) mass is 515 g/mol. The Hall–Kier alpha value is -3.58. The quantitative estimate of drug-likeness (QED) is 0.223. The smallest absolute Gasteiger partial charge is 0.266 e. The molecule has 192 valence electrons. The Balaban J connectivity index is 1.70. The van der Waals surface area contributed by atoms with Gasteiger partial charge in [0.2, 0.25) is 5.91 Å². The van der Waals surface area contributed by atoms with Crippen molar-refractivity contribution in [3.05, 3.63) is 88.2 Å². The largest absolute Gasteiger partial charge is 0.495 e. The Morgan fingerprint density at radius 3 is 2.46 bits per heavy atom. The van der Waals surface area contributed by atoms with Crippen molar-refractivity contribution >= 4 is 34.3 Å². The van der Waals surface area contributed by atoms with Gasteiger partial charge in [-0.2, -0.15) is 0 Å². The summed E-state index contributed by atoms with van der Waals surface area (Å²) in [5.41, 5.74) is 3.91. The molecule has 7 heteroatoms. The van der Waals surface area contributed by atoms with Gasteiger partial charge in [0.1, 0.15) is 5.75 Å². The summed E-state index contributed by atoms with van der Waals surface area (Å²) in [7, 11) is 1.58. The van der Waals surface area contributed by atoms with Crippen molar-refractivity contribution in [1.29, 1.82) is 0 Å². The first kappa shape index (κ1) is 26.5. The van der Waals surface area contributed by atoms with Gasteiger partial charge in [0, 0.05) is 0 Å². The van der Waals surface area contributed by atoms with Crippen molar-refractivity contribution in [2.24, 2.45) is 0 Å². The lowest BCUT2D eigenvalue weighted by molar-refractivity contribution is -0.113. The number of benzene rings is 3. The second-order valence-electron chi connectivity index (χ2n) is 10.3. The first-order valence-electron chi connectivity index (χ1n) is 12.3. The minimum atomic E-state index is -0.208. The van der Waals surface area contributed by atoms with Gasteiger partial charge in [-0.05, 0) is 52.8 Å². The number of anilines is 1. The molecule has 37 heavy (non-hydrogen) atoms. The number of carbonyl (C=O) groups is 1. The fourth-order valence-corrected chi connectivity index (χ4v) is 5.00. The molecule has 0 bridgehead atoms. The summed E-state index contributed by atoms with van der Waals surface area (Å²) < 4.78 is 7.11. The lowest BCUT2D eigenvalue weighted by Gasteiger charge is -2.21. The van der Waals surface area contributed by atoms with E-state index in [1.54, 1.807) is 17.7 Å². The number of hydrogen-bond acceptors (Lipinski definition) is 5. The van der Waals surface area contributed by atoms with Crippen LogP contribution in [0.5, 0.6) is 5.75 Å². The molecule has 3 aromatic carbocycles. The van der Waals surface area contributed by atoms with Gasteiger partial charge in [-0.1, -0.05) is 82.8 Å². The molecule has 0 atom stereocenters.